The maximum Gasteiger partial charge on any atom is 0.0950 e. The van der Waals surface area contributed by atoms with Gasteiger partial charge in [0.1, 0.15) is 0 Å². The number of aliphatic hydroxyl groups excluding tert-OH is 1. The number of nitrogens with one attached hydrogen (secondary N) is 1. The van der Waals surface area contributed by atoms with Gasteiger partial charge in [0.2, 0.25) is 0 Å². The van der Waals surface area contributed by atoms with E-state index >= 15 is 0 Å². The van der Waals surface area contributed by atoms with E-state index in [1.807, 2.05) is 42.5 Å². The Hall–Kier alpha value is -1.65. The van der Waals surface area contributed by atoms with Crippen LogP contribution >= 0.6 is 23.2 Å². The van der Waals surface area contributed by atoms with Crippen LogP contribution in [0.25, 0.3) is 22.2 Å². The molecule has 3 nitrogen and oxygen atoms in total. The third-order valence-corrected chi connectivity index (χ3v) is 5.72. The second-order valence-electron chi connectivity index (χ2n) is 6.75. The van der Waals surface area contributed by atoms with E-state index < -0.39 is 6.10 Å². The number of hydrogen-bond donors (Lipinski definition) is 2. The third-order valence-electron chi connectivity index (χ3n) is 5.00. The SMILES string of the molecule is OC(c1cc(-c2ccccc2)nc2cc(Cl)c(Cl)cc12)C1CCCCN1. The number of benzene rings is 2. The number of nitrogens with zero attached hydrogens (tertiary/aromatic N) is 1. The van der Waals surface area contributed by atoms with Crippen LogP contribution < -0.4 is 5.32 Å². The summed E-state index contributed by atoms with van der Waals surface area (Å²) in [6, 6.07) is 15.6. The van der Waals surface area contributed by atoms with Gasteiger partial charge in [0.15, 0.2) is 0 Å². The highest BCUT2D eigenvalue weighted by molar-refractivity contribution is 6.42. The Kier molecular flexibility index (Phi) is 5.14. The lowest BCUT2D eigenvalue weighted by atomic mass is 9.92. The first-order valence-electron chi connectivity index (χ1n) is 8.90. The third kappa shape index (κ3) is 3.45. The van der Waals surface area contributed by atoms with Gasteiger partial charge in [-0.2, -0.15) is 0 Å². The van der Waals surface area contributed by atoms with Gasteiger partial charge < -0.3 is 10.4 Å². The summed E-state index contributed by atoms with van der Waals surface area (Å²) in [5.41, 5.74) is 3.41. The fourth-order valence-electron chi connectivity index (χ4n) is 3.61. The molecule has 0 radical (unpaired) electrons. The van der Waals surface area contributed by atoms with E-state index in [1.54, 1.807) is 6.07 Å². The maximum absolute atomic E-state index is 11.1. The number of rotatable bonds is 3. The first-order chi connectivity index (χ1) is 12.6. The van der Waals surface area contributed by atoms with Gasteiger partial charge in [-0.15, -0.1) is 0 Å². The minimum atomic E-state index is -0.625. The number of halogens is 2. The molecule has 2 atom stereocenters. The Bertz CT molecular complexity index is 924. The van der Waals surface area contributed by atoms with Crippen LogP contribution in [-0.4, -0.2) is 22.7 Å². The van der Waals surface area contributed by atoms with E-state index in [4.69, 9.17) is 28.2 Å². The number of hydrogen-bond acceptors (Lipinski definition) is 3. The molecule has 2 N–H and O–H groups in total. The van der Waals surface area contributed by atoms with E-state index in [-0.39, 0.29) is 6.04 Å². The smallest absolute Gasteiger partial charge is 0.0950 e. The van der Waals surface area contributed by atoms with Crippen molar-refractivity contribution in [1.82, 2.24) is 10.3 Å². The highest BCUT2D eigenvalue weighted by Crippen LogP contribution is 2.35. The molecule has 0 bridgehead atoms. The first-order valence-corrected chi connectivity index (χ1v) is 9.65. The number of pyridine rings is 1. The van der Waals surface area contributed by atoms with Gasteiger partial charge in [0, 0.05) is 17.0 Å². The Morgan fingerprint density at radius 1 is 1.04 bits per heavy atom. The van der Waals surface area contributed by atoms with Gasteiger partial charge in [0.05, 0.1) is 27.4 Å². The van der Waals surface area contributed by atoms with Crippen molar-refractivity contribution in [3.05, 3.63) is 64.1 Å². The number of aromatic nitrogens is 1. The Labute approximate surface area is 163 Å². The van der Waals surface area contributed by atoms with Crippen molar-refractivity contribution < 1.29 is 5.11 Å². The number of piperidine rings is 1. The van der Waals surface area contributed by atoms with Crippen molar-refractivity contribution >= 4 is 34.1 Å². The van der Waals surface area contributed by atoms with Gasteiger partial charge in [0.25, 0.3) is 0 Å². The van der Waals surface area contributed by atoms with E-state index in [2.05, 4.69) is 5.32 Å². The van der Waals surface area contributed by atoms with Crippen molar-refractivity contribution in [3.63, 3.8) is 0 Å². The fourth-order valence-corrected chi connectivity index (χ4v) is 3.94. The molecule has 0 spiro atoms. The Morgan fingerprint density at radius 2 is 1.81 bits per heavy atom. The summed E-state index contributed by atoms with van der Waals surface area (Å²) in [4.78, 5) is 4.76. The summed E-state index contributed by atoms with van der Waals surface area (Å²) >= 11 is 12.5. The molecular formula is C21H20Cl2N2O. The van der Waals surface area contributed by atoms with E-state index in [1.165, 1.54) is 0 Å². The summed E-state index contributed by atoms with van der Waals surface area (Å²) in [5.74, 6) is 0. The summed E-state index contributed by atoms with van der Waals surface area (Å²) in [5, 5.41) is 16.3. The van der Waals surface area contributed by atoms with Crippen molar-refractivity contribution in [3.8, 4) is 11.3 Å². The quantitative estimate of drug-likeness (QED) is 0.634. The van der Waals surface area contributed by atoms with Gasteiger partial charge in [-0.1, -0.05) is 60.0 Å². The van der Waals surface area contributed by atoms with Crippen LogP contribution in [0.5, 0.6) is 0 Å². The molecule has 0 saturated carbocycles. The summed E-state index contributed by atoms with van der Waals surface area (Å²) < 4.78 is 0. The second-order valence-corrected chi connectivity index (χ2v) is 7.56. The lowest BCUT2D eigenvalue weighted by Gasteiger charge is -2.29. The highest BCUT2D eigenvalue weighted by Gasteiger charge is 2.25. The van der Waals surface area contributed by atoms with Crippen LogP contribution in [0.4, 0.5) is 0 Å². The fraction of sp³-hybridized carbons (Fsp3) is 0.286. The average Bonchev–Trinajstić information content (AvgIpc) is 2.69. The predicted octanol–water partition coefficient (Wildman–Crippen LogP) is 5.38. The number of aliphatic hydroxyl groups is 1. The van der Waals surface area contributed by atoms with Gasteiger partial charge in [-0.25, -0.2) is 4.98 Å². The lowest BCUT2D eigenvalue weighted by molar-refractivity contribution is 0.115. The van der Waals surface area contributed by atoms with Crippen molar-refractivity contribution in [1.29, 1.82) is 0 Å². The Balaban J connectivity index is 1.89. The molecule has 2 heterocycles. The minimum Gasteiger partial charge on any atom is -0.387 e. The molecule has 1 fully saturated rings. The standard InChI is InChI=1S/C21H20Cl2N2O/c22-16-10-14-15(21(26)18-8-4-5-9-24-18)11-19(13-6-2-1-3-7-13)25-20(14)12-17(16)23/h1-3,6-7,10-12,18,21,24,26H,4-5,8-9H2. The summed E-state index contributed by atoms with van der Waals surface area (Å²) in [6.07, 6.45) is 2.60. The monoisotopic (exact) mass is 386 g/mol. The van der Waals surface area contributed by atoms with Gasteiger partial charge in [-0.05, 0) is 43.1 Å². The molecule has 1 aromatic heterocycles. The molecule has 26 heavy (non-hydrogen) atoms. The lowest BCUT2D eigenvalue weighted by Crippen LogP contribution is -2.38. The molecule has 1 aliphatic heterocycles. The van der Waals surface area contributed by atoms with Crippen LogP contribution in [0.2, 0.25) is 10.0 Å². The maximum atomic E-state index is 11.1. The van der Waals surface area contributed by atoms with Crippen molar-refractivity contribution in [2.24, 2.45) is 0 Å². The molecule has 4 rings (SSSR count). The van der Waals surface area contributed by atoms with Crippen LogP contribution in [-0.2, 0) is 0 Å². The first kappa shape index (κ1) is 17.7. The molecule has 134 valence electrons. The zero-order chi connectivity index (χ0) is 18.1. The normalized spacial score (nSPS) is 18.8. The number of fused-ring (bicyclic) bond motifs is 1. The zero-order valence-electron chi connectivity index (χ0n) is 14.3. The molecule has 2 aromatic carbocycles. The largest absolute Gasteiger partial charge is 0.387 e. The minimum absolute atomic E-state index is 0.0347. The zero-order valence-corrected chi connectivity index (χ0v) is 15.8. The topological polar surface area (TPSA) is 45.2 Å². The van der Waals surface area contributed by atoms with E-state index in [0.717, 1.165) is 53.5 Å². The van der Waals surface area contributed by atoms with E-state index in [9.17, 15) is 5.11 Å². The molecule has 1 aliphatic rings. The molecule has 0 amide bonds. The van der Waals surface area contributed by atoms with Gasteiger partial charge >= 0.3 is 0 Å². The molecule has 3 aromatic rings. The van der Waals surface area contributed by atoms with E-state index in [0.29, 0.717) is 10.0 Å². The van der Waals surface area contributed by atoms with Crippen LogP contribution in [0.3, 0.4) is 0 Å². The van der Waals surface area contributed by atoms with Gasteiger partial charge in [-0.3, -0.25) is 0 Å². The average molecular weight is 387 g/mol. The second kappa shape index (κ2) is 7.53. The van der Waals surface area contributed by atoms with Crippen LogP contribution in [0.15, 0.2) is 48.5 Å². The highest BCUT2D eigenvalue weighted by atomic mass is 35.5. The molecule has 2 unspecified atom stereocenters. The predicted molar refractivity (Wildman–Crippen MR) is 108 cm³/mol. The Morgan fingerprint density at radius 3 is 2.54 bits per heavy atom. The van der Waals surface area contributed by atoms with Crippen molar-refractivity contribution in [2.75, 3.05) is 6.54 Å². The molecule has 0 aliphatic carbocycles. The summed E-state index contributed by atoms with van der Waals surface area (Å²) in [7, 11) is 0. The molecule has 5 heteroatoms. The molecule has 1 saturated heterocycles. The van der Waals surface area contributed by atoms with Crippen LogP contribution in [0.1, 0.15) is 30.9 Å². The summed E-state index contributed by atoms with van der Waals surface area (Å²) in [6.45, 7) is 0.933. The van der Waals surface area contributed by atoms with Crippen LogP contribution in [0, 0.1) is 0 Å². The van der Waals surface area contributed by atoms with Crippen molar-refractivity contribution in [2.45, 2.75) is 31.4 Å². The molecular weight excluding hydrogens is 367 g/mol.